The van der Waals surface area contributed by atoms with Crippen LogP contribution in [0.15, 0.2) is 6.07 Å². The molecule has 0 aliphatic heterocycles. The van der Waals surface area contributed by atoms with Crippen LogP contribution in [0.1, 0.15) is 32.1 Å². The van der Waals surface area contributed by atoms with Crippen LogP contribution in [0.2, 0.25) is 10.0 Å². The first kappa shape index (κ1) is 14.7. The van der Waals surface area contributed by atoms with Crippen molar-refractivity contribution in [3.8, 4) is 0 Å². The summed E-state index contributed by atoms with van der Waals surface area (Å²) in [5.74, 6) is 0.789. The number of nitrogens with one attached hydrogen (secondary N) is 1. The van der Waals surface area contributed by atoms with E-state index < -0.39 is 0 Å². The predicted octanol–water partition coefficient (Wildman–Crippen LogP) is 3.33. The third-order valence-corrected chi connectivity index (χ3v) is 4.43. The summed E-state index contributed by atoms with van der Waals surface area (Å²) in [5.41, 5.74) is 5.60. The molecule has 1 aliphatic carbocycles. The molecule has 4 nitrogen and oxygen atoms in total. The monoisotopic (exact) mass is 303 g/mol. The van der Waals surface area contributed by atoms with Crippen molar-refractivity contribution < 1.29 is 5.11 Å². The van der Waals surface area contributed by atoms with E-state index >= 15 is 0 Å². The van der Waals surface area contributed by atoms with E-state index in [0.29, 0.717) is 22.4 Å². The summed E-state index contributed by atoms with van der Waals surface area (Å²) in [5, 5.41) is 13.6. The van der Waals surface area contributed by atoms with Crippen LogP contribution >= 0.6 is 23.2 Å². The molecule has 1 aliphatic rings. The third kappa shape index (κ3) is 3.44. The molecular weight excluding hydrogens is 285 g/mol. The first-order chi connectivity index (χ1) is 9.06. The second-order valence-electron chi connectivity index (χ2n) is 5.26. The Balaban J connectivity index is 2.07. The predicted molar refractivity (Wildman–Crippen MR) is 79.8 cm³/mol. The lowest BCUT2D eigenvalue weighted by atomic mass is 9.74. The molecule has 0 aromatic carbocycles. The van der Waals surface area contributed by atoms with Crippen molar-refractivity contribution in [1.82, 2.24) is 4.98 Å². The molecule has 0 spiro atoms. The number of nitrogen functional groups attached to an aromatic ring is 1. The van der Waals surface area contributed by atoms with Crippen LogP contribution in [0, 0.1) is 5.41 Å². The number of rotatable bonds is 4. The molecule has 0 bridgehead atoms. The Morgan fingerprint density at radius 1 is 1.26 bits per heavy atom. The molecule has 1 heterocycles. The van der Waals surface area contributed by atoms with E-state index in [0.717, 1.165) is 25.7 Å². The highest BCUT2D eigenvalue weighted by Crippen LogP contribution is 2.36. The van der Waals surface area contributed by atoms with Crippen LogP contribution in [-0.2, 0) is 0 Å². The van der Waals surface area contributed by atoms with Crippen LogP contribution < -0.4 is 11.1 Å². The topological polar surface area (TPSA) is 71.2 Å². The maximum absolute atomic E-state index is 9.65. The Hall–Kier alpha value is -0.710. The van der Waals surface area contributed by atoms with Crippen molar-refractivity contribution in [2.75, 3.05) is 24.2 Å². The molecule has 0 amide bonds. The van der Waals surface area contributed by atoms with Gasteiger partial charge in [0.25, 0.3) is 0 Å². The normalized spacial score (nSPS) is 18.3. The van der Waals surface area contributed by atoms with Gasteiger partial charge in [0.1, 0.15) is 11.6 Å². The molecule has 1 aromatic rings. The zero-order valence-corrected chi connectivity index (χ0v) is 12.3. The molecular formula is C13H19Cl2N3O. The van der Waals surface area contributed by atoms with Crippen LogP contribution in [0.3, 0.4) is 0 Å². The molecule has 2 rings (SSSR count). The van der Waals surface area contributed by atoms with Crippen molar-refractivity contribution in [2.24, 2.45) is 5.41 Å². The van der Waals surface area contributed by atoms with Gasteiger partial charge in [-0.05, 0) is 18.9 Å². The van der Waals surface area contributed by atoms with Crippen LogP contribution in [-0.4, -0.2) is 23.2 Å². The highest BCUT2D eigenvalue weighted by Gasteiger charge is 2.31. The van der Waals surface area contributed by atoms with Gasteiger partial charge in [-0.15, -0.1) is 0 Å². The molecule has 0 radical (unpaired) electrons. The average Bonchev–Trinajstić information content (AvgIpc) is 2.42. The number of pyridine rings is 1. The van der Waals surface area contributed by atoms with Crippen molar-refractivity contribution in [2.45, 2.75) is 32.1 Å². The summed E-state index contributed by atoms with van der Waals surface area (Å²) in [7, 11) is 0. The molecule has 6 heteroatoms. The zero-order valence-electron chi connectivity index (χ0n) is 10.8. The van der Waals surface area contributed by atoms with E-state index in [1.165, 1.54) is 6.42 Å². The minimum Gasteiger partial charge on any atom is -0.396 e. The Morgan fingerprint density at radius 2 is 1.95 bits per heavy atom. The molecule has 106 valence electrons. The lowest BCUT2D eigenvalue weighted by molar-refractivity contribution is 0.0943. The van der Waals surface area contributed by atoms with E-state index in [-0.39, 0.29) is 17.8 Å². The fourth-order valence-corrected chi connectivity index (χ4v) is 2.99. The van der Waals surface area contributed by atoms with Crippen LogP contribution in [0.5, 0.6) is 0 Å². The second-order valence-corrected chi connectivity index (χ2v) is 6.07. The number of aromatic nitrogens is 1. The molecule has 1 saturated carbocycles. The van der Waals surface area contributed by atoms with E-state index in [4.69, 9.17) is 28.9 Å². The van der Waals surface area contributed by atoms with Crippen LogP contribution in [0.25, 0.3) is 0 Å². The molecule has 19 heavy (non-hydrogen) atoms. The number of anilines is 2. The fraction of sp³-hybridized carbons (Fsp3) is 0.615. The number of nitrogens with two attached hydrogens (primary N) is 1. The molecule has 0 unspecified atom stereocenters. The van der Waals surface area contributed by atoms with Gasteiger partial charge in [-0.3, -0.25) is 0 Å². The number of hydrogen-bond donors (Lipinski definition) is 3. The maximum atomic E-state index is 9.65. The second kappa shape index (κ2) is 6.16. The largest absolute Gasteiger partial charge is 0.396 e. The van der Waals surface area contributed by atoms with Gasteiger partial charge in [0.05, 0.1) is 16.7 Å². The number of nitrogens with zero attached hydrogens (tertiary/aromatic N) is 1. The first-order valence-electron chi connectivity index (χ1n) is 6.53. The molecule has 4 N–H and O–H groups in total. The lowest BCUT2D eigenvalue weighted by Gasteiger charge is -2.35. The van der Waals surface area contributed by atoms with Gasteiger partial charge >= 0.3 is 0 Å². The maximum Gasteiger partial charge on any atom is 0.147 e. The molecule has 0 saturated heterocycles. The summed E-state index contributed by atoms with van der Waals surface area (Å²) in [6.07, 6.45) is 5.61. The van der Waals surface area contributed by atoms with Gasteiger partial charge in [0, 0.05) is 12.0 Å². The Morgan fingerprint density at radius 3 is 2.58 bits per heavy atom. The van der Waals surface area contributed by atoms with Crippen molar-refractivity contribution >= 4 is 34.8 Å². The number of aliphatic hydroxyl groups excluding tert-OH is 1. The van der Waals surface area contributed by atoms with Gasteiger partial charge in [-0.25, -0.2) is 4.98 Å². The van der Waals surface area contributed by atoms with Gasteiger partial charge in [0.2, 0.25) is 0 Å². The van der Waals surface area contributed by atoms with Gasteiger partial charge in [-0.2, -0.15) is 0 Å². The zero-order chi connectivity index (χ0) is 13.9. The smallest absolute Gasteiger partial charge is 0.147 e. The Labute approximate surface area is 123 Å². The van der Waals surface area contributed by atoms with Gasteiger partial charge < -0.3 is 16.2 Å². The highest BCUT2D eigenvalue weighted by molar-refractivity contribution is 6.37. The summed E-state index contributed by atoms with van der Waals surface area (Å²) in [6, 6.07) is 1.58. The molecule has 1 fully saturated rings. The number of aliphatic hydroxyl groups is 1. The van der Waals surface area contributed by atoms with E-state index in [1.807, 2.05) is 0 Å². The standard InChI is InChI=1S/C13H19Cl2N3O/c14-9-6-10(15)12(18-11(9)16)17-7-13(8-19)4-2-1-3-5-13/h6,19H,1-5,7-8H2,(H3,16,17,18). The summed E-state index contributed by atoms with van der Waals surface area (Å²) in [4.78, 5) is 4.14. The van der Waals surface area contributed by atoms with Crippen molar-refractivity contribution in [3.63, 3.8) is 0 Å². The summed E-state index contributed by atoms with van der Waals surface area (Å²) in [6.45, 7) is 0.831. The third-order valence-electron chi connectivity index (χ3n) is 3.84. The first-order valence-corrected chi connectivity index (χ1v) is 7.28. The van der Waals surface area contributed by atoms with E-state index in [2.05, 4.69) is 10.3 Å². The van der Waals surface area contributed by atoms with Gasteiger partial charge in [0.15, 0.2) is 0 Å². The molecule has 1 aromatic heterocycles. The minimum atomic E-state index is -0.0718. The van der Waals surface area contributed by atoms with E-state index in [1.54, 1.807) is 6.07 Å². The SMILES string of the molecule is Nc1nc(NCC2(CO)CCCCC2)c(Cl)cc1Cl. The summed E-state index contributed by atoms with van der Waals surface area (Å²) >= 11 is 11.9. The minimum absolute atomic E-state index is 0.0718. The Bertz CT molecular complexity index is 448. The summed E-state index contributed by atoms with van der Waals surface area (Å²) < 4.78 is 0. The number of halogens is 2. The highest BCUT2D eigenvalue weighted by atomic mass is 35.5. The van der Waals surface area contributed by atoms with Crippen molar-refractivity contribution in [1.29, 1.82) is 0 Å². The van der Waals surface area contributed by atoms with Crippen LogP contribution in [0.4, 0.5) is 11.6 Å². The van der Waals surface area contributed by atoms with E-state index in [9.17, 15) is 5.11 Å². The van der Waals surface area contributed by atoms with Gasteiger partial charge in [-0.1, -0.05) is 42.5 Å². The molecule has 0 atom stereocenters. The quantitative estimate of drug-likeness (QED) is 0.798. The lowest BCUT2D eigenvalue weighted by Crippen LogP contribution is -2.35. The van der Waals surface area contributed by atoms with Crippen molar-refractivity contribution in [3.05, 3.63) is 16.1 Å². The fourth-order valence-electron chi connectivity index (χ4n) is 2.57. The average molecular weight is 304 g/mol. The number of hydrogen-bond acceptors (Lipinski definition) is 4. The Kier molecular flexibility index (Phi) is 4.76.